The molecule has 0 aliphatic carbocycles. The van der Waals surface area contributed by atoms with E-state index in [4.69, 9.17) is 10.5 Å². The van der Waals surface area contributed by atoms with E-state index in [9.17, 15) is 9.59 Å². The number of fused-ring (bicyclic) bond motifs is 1. The van der Waals surface area contributed by atoms with Crippen LogP contribution in [0.2, 0.25) is 0 Å². The molecule has 1 heterocycles. The number of carboxylic acids is 1. The van der Waals surface area contributed by atoms with Crippen LogP contribution >= 0.6 is 0 Å². The van der Waals surface area contributed by atoms with E-state index in [0.29, 0.717) is 5.69 Å². The second-order valence-electron chi connectivity index (χ2n) is 6.50. The highest BCUT2D eigenvalue weighted by atomic mass is 16.4. The molecule has 2 aromatic carbocycles. The fourth-order valence-corrected chi connectivity index (χ4v) is 3.05. The molecule has 0 unspecified atom stereocenters. The molecule has 0 fully saturated rings. The Kier molecular flexibility index (Phi) is 5.69. The number of rotatable bonds is 6. The van der Waals surface area contributed by atoms with Gasteiger partial charge in [0.2, 0.25) is 0 Å². The number of benzene rings is 2. The van der Waals surface area contributed by atoms with E-state index in [0.717, 1.165) is 18.5 Å². The van der Waals surface area contributed by atoms with Crippen LogP contribution in [0.3, 0.4) is 0 Å². The Bertz CT molecular complexity index is 978. The lowest BCUT2D eigenvalue weighted by molar-refractivity contribution is -0.129. The van der Waals surface area contributed by atoms with E-state index in [2.05, 4.69) is 23.3 Å². The van der Waals surface area contributed by atoms with Crippen LogP contribution in [0.5, 0.6) is 0 Å². The Morgan fingerprint density at radius 2 is 1.93 bits per heavy atom. The number of amides is 1. The number of carbonyl (C=O) groups is 2. The number of carbonyl (C=O) groups excluding carboxylic acids is 1. The zero-order valence-corrected chi connectivity index (χ0v) is 15.5. The van der Waals surface area contributed by atoms with Crippen molar-refractivity contribution in [3.8, 4) is 0 Å². The molecule has 0 saturated heterocycles. The molecule has 0 bridgehead atoms. The van der Waals surface area contributed by atoms with Gasteiger partial charge in [0.15, 0.2) is 5.71 Å². The summed E-state index contributed by atoms with van der Waals surface area (Å²) in [6.07, 6.45) is 5.73. The molecule has 3 rings (SSSR count). The highest BCUT2D eigenvalue weighted by Gasteiger charge is 2.20. The van der Waals surface area contributed by atoms with E-state index in [1.807, 2.05) is 18.2 Å². The van der Waals surface area contributed by atoms with Crippen LogP contribution in [0.4, 0.5) is 11.4 Å². The van der Waals surface area contributed by atoms with Gasteiger partial charge in [0.25, 0.3) is 5.91 Å². The topological polar surface area (TPSA) is 93.5 Å². The van der Waals surface area contributed by atoms with Gasteiger partial charge in [-0.2, -0.15) is 0 Å². The Labute approximate surface area is 163 Å². The van der Waals surface area contributed by atoms with Crippen molar-refractivity contribution in [2.24, 2.45) is 0 Å². The summed E-state index contributed by atoms with van der Waals surface area (Å²) in [6.45, 7) is 0.988. The van der Waals surface area contributed by atoms with E-state index < -0.39 is 17.6 Å². The first-order valence-corrected chi connectivity index (χ1v) is 8.87. The Hall–Kier alpha value is -3.67. The molecule has 0 radical (unpaired) electrons. The molecule has 0 aromatic heterocycles. The highest BCUT2D eigenvalue weighted by Crippen LogP contribution is 2.27. The Balaban J connectivity index is 1.81. The molecule has 1 aliphatic rings. The molecular formula is C22H21N3O3. The second kappa shape index (κ2) is 8.35. The van der Waals surface area contributed by atoms with E-state index in [1.165, 1.54) is 17.3 Å². The molecular weight excluding hydrogens is 354 g/mol. The van der Waals surface area contributed by atoms with Crippen LogP contribution in [0, 0.1) is 5.41 Å². The van der Waals surface area contributed by atoms with Crippen molar-refractivity contribution < 1.29 is 14.7 Å². The molecule has 28 heavy (non-hydrogen) atoms. The molecule has 1 aliphatic heterocycles. The lowest BCUT2D eigenvalue weighted by atomic mass is 10.1. The summed E-state index contributed by atoms with van der Waals surface area (Å²) in [6, 6.07) is 14.8. The van der Waals surface area contributed by atoms with Crippen LogP contribution in [0.25, 0.3) is 6.08 Å². The normalized spacial score (nSPS) is 13.5. The molecule has 0 spiro atoms. The summed E-state index contributed by atoms with van der Waals surface area (Å²) in [5.41, 5.74) is 2.98. The monoisotopic (exact) mass is 375 g/mol. The number of nitrogens with one attached hydrogen (secondary N) is 2. The maximum atomic E-state index is 12.5. The average molecular weight is 375 g/mol. The van der Waals surface area contributed by atoms with Gasteiger partial charge in [-0.15, -0.1) is 0 Å². The lowest BCUT2D eigenvalue weighted by Crippen LogP contribution is -2.25. The minimum atomic E-state index is -1.46. The highest BCUT2D eigenvalue weighted by molar-refractivity contribution is 6.48. The summed E-state index contributed by atoms with van der Waals surface area (Å²) in [5, 5.41) is 19.5. The number of anilines is 2. The quantitative estimate of drug-likeness (QED) is 0.410. The SMILES string of the molecule is CN1CCc2cc(/C=C/C=C(/C(=N)C(=O)O)C(=O)Nc3ccccc3)ccc21. The van der Waals surface area contributed by atoms with E-state index in [1.54, 1.807) is 36.4 Å². The number of nitrogens with zero attached hydrogens (tertiary/aromatic N) is 1. The third-order valence-electron chi connectivity index (χ3n) is 4.54. The van der Waals surface area contributed by atoms with Gasteiger partial charge in [0.05, 0.1) is 5.57 Å². The van der Waals surface area contributed by atoms with Gasteiger partial charge in [0, 0.05) is 25.0 Å². The van der Waals surface area contributed by atoms with Gasteiger partial charge in [-0.05, 0) is 47.9 Å². The first kappa shape index (κ1) is 19.1. The second-order valence-corrected chi connectivity index (χ2v) is 6.50. The van der Waals surface area contributed by atoms with Crippen molar-refractivity contribution >= 4 is 35.0 Å². The predicted molar refractivity (Wildman–Crippen MR) is 111 cm³/mol. The van der Waals surface area contributed by atoms with Gasteiger partial charge in [-0.25, -0.2) is 4.79 Å². The van der Waals surface area contributed by atoms with Crippen LogP contribution in [-0.4, -0.2) is 36.3 Å². The third kappa shape index (κ3) is 4.35. The first-order chi connectivity index (χ1) is 13.5. The standard InChI is InChI=1S/C22H21N3O3/c1-25-13-12-16-14-15(10-11-19(16)25)6-5-9-18(20(23)22(27)28)21(26)24-17-7-3-2-4-8-17/h2-11,14,23H,12-13H2,1H3,(H,24,26)(H,27,28)/b6-5+,18-9-,23-20?. The van der Waals surface area contributed by atoms with Crippen molar-refractivity contribution in [2.45, 2.75) is 6.42 Å². The number of carboxylic acid groups (broad SMARTS) is 1. The molecule has 142 valence electrons. The van der Waals surface area contributed by atoms with Crippen molar-refractivity contribution in [1.82, 2.24) is 0 Å². The van der Waals surface area contributed by atoms with Crippen molar-refractivity contribution in [3.63, 3.8) is 0 Å². The molecule has 6 nitrogen and oxygen atoms in total. The van der Waals surface area contributed by atoms with Crippen molar-refractivity contribution in [2.75, 3.05) is 23.8 Å². The number of hydrogen-bond donors (Lipinski definition) is 3. The fraction of sp³-hybridized carbons (Fsp3) is 0.136. The predicted octanol–water partition coefficient (Wildman–Crippen LogP) is 3.36. The number of hydrogen-bond acceptors (Lipinski definition) is 4. The summed E-state index contributed by atoms with van der Waals surface area (Å²) in [5.74, 6) is -2.10. The molecule has 0 saturated carbocycles. The average Bonchev–Trinajstić information content (AvgIpc) is 3.05. The first-order valence-electron chi connectivity index (χ1n) is 8.87. The molecule has 1 amide bonds. The Morgan fingerprint density at radius 3 is 2.64 bits per heavy atom. The number of allylic oxidation sites excluding steroid dienone is 2. The fourth-order valence-electron chi connectivity index (χ4n) is 3.05. The van der Waals surface area contributed by atoms with Crippen LogP contribution in [0.15, 0.2) is 66.3 Å². The molecule has 2 aromatic rings. The zero-order chi connectivity index (χ0) is 20.1. The van der Waals surface area contributed by atoms with Crippen molar-refractivity contribution in [3.05, 3.63) is 77.4 Å². The summed E-state index contributed by atoms with van der Waals surface area (Å²) < 4.78 is 0. The molecule has 0 atom stereocenters. The van der Waals surface area contributed by atoms with Gasteiger partial charge < -0.3 is 15.3 Å². The minimum Gasteiger partial charge on any atom is -0.477 e. The van der Waals surface area contributed by atoms with Gasteiger partial charge in [-0.3, -0.25) is 10.2 Å². The zero-order valence-electron chi connectivity index (χ0n) is 15.5. The minimum absolute atomic E-state index is 0.214. The summed E-state index contributed by atoms with van der Waals surface area (Å²) in [7, 11) is 2.05. The smallest absolute Gasteiger partial charge is 0.354 e. The van der Waals surface area contributed by atoms with E-state index >= 15 is 0 Å². The van der Waals surface area contributed by atoms with Crippen molar-refractivity contribution in [1.29, 1.82) is 5.41 Å². The van der Waals surface area contributed by atoms with Gasteiger partial charge in [-0.1, -0.05) is 36.4 Å². The number of para-hydroxylation sites is 1. The summed E-state index contributed by atoms with van der Waals surface area (Å²) >= 11 is 0. The van der Waals surface area contributed by atoms with Crippen LogP contribution in [-0.2, 0) is 16.0 Å². The Morgan fingerprint density at radius 1 is 1.18 bits per heavy atom. The molecule has 6 heteroatoms. The lowest BCUT2D eigenvalue weighted by Gasteiger charge is -2.11. The van der Waals surface area contributed by atoms with Gasteiger partial charge in [0.1, 0.15) is 0 Å². The number of aliphatic carboxylic acids is 1. The maximum Gasteiger partial charge on any atom is 0.354 e. The van der Waals surface area contributed by atoms with Crippen LogP contribution in [0.1, 0.15) is 11.1 Å². The molecule has 3 N–H and O–H groups in total. The third-order valence-corrected chi connectivity index (χ3v) is 4.54. The van der Waals surface area contributed by atoms with E-state index in [-0.39, 0.29) is 5.57 Å². The van der Waals surface area contributed by atoms with Crippen LogP contribution < -0.4 is 10.2 Å². The summed E-state index contributed by atoms with van der Waals surface area (Å²) in [4.78, 5) is 25.9. The number of likely N-dealkylation sites (N-methyl/N-ethyl adjacent to an activating group) is 1. The maximum absolute atomic E-state index is 12.5. The largest absolute Gasteiger partial charge is 0.477 e. The van der Waals surface area contributed by atoms with Gasteiger partial charge >= 0.3 is 5.97 Å².